The summed E-state index contributed by atoms with van der Waals surface area (Å²) in [6.07, 6.45) is 1.00. The summed E-state index contributed by atoms with van der Waals surface area (Å²) in [6, 6.07) is 5.42. The van der Waals surface area contributed by atoms with Crippen molar-refractivity contribution >= 4 is 12.1 Å². The standard InChI is InChI=1S/C14H14N2O5/c1-18-14(6-15)11(13(16)17)12(14)19-5-8-2-3-9-10(4-8)21-7-20-9/h2-4,6,15H,5,7H2,1H3,(H2,16,17). The highest BCUT2D eigenvalue weighted by Gasteiger charge is 2.58. The van der Waals surface area contributed by atoms with E-state index in [0.717, 1.165) is 11.8 Å². The molecular weight excluding hydrogens is 276 g/mol. The Balaban J connectivity index is 1.73. The number of rotatable bonds is 6. The number of amides is 1. The molecule has 0 saturated carbocycles. The van der Waals surface area contributed by atoms with Gasteiger partial charge in [0, 0.05) is 13.3 Å². The van der Waals surface area contributed by atoms with Crippen LogP contribution in [0, 0.1) is 5.41 Å². The maximum absolute atomic E-state index is 11.3. The van der Waals surface area contributed by atoms with Crippen LogP contribution >= 0.6 is 0 Å². The maximum atomic E-state index is 11.3. The molecule has 0 radical (unpaired) electrons. The second kappa shape index (κ2) is 4.78. The van der Waals surface area contributed by atoms with Gasteiger partial charge in [0.15, 0.2) is 22.9 Å². The Hall–Kier alpha value is -2.54. The molecule has 1 aliphatic heterocycles. The second-order valence-corrected chi connectivity index (χ2v) is 4.63. The van der Waals surface area contributed by atoms with Crippen LogP contribution in [0.4, 0.5) is 0 Å². The Morgan fingerprint density at radius 1 is 1.48 bits per heavy atom. The van der Waals surface area contributed by atoms with Gasteiger partial charge >= 0.3 is 0 Å². The molecule has 110 valence electrons. The van der Waals surface area contributed by atoms with Crippen molar-refractivity contribution in [2.45, 2.75) is 12.2 Å². The van der Waals surface area contributed by atoms with Gasteiger partial charge in [-0.2, -0.15) is 0 Å². The molecule has 3 N–H and O–H groups in total. The van der Waals surface area contributed by atoms with Gasteiger partial charge in [0.25, 0.3) is 5.91 Å². The van der Waals surface area contributed by atoms with Gasteiger partial charge in [-0.1, -0.05) is 6.07 Å². The SMILES string of the molecule is COC1(C=N)C(OCc2ccc3c(c2)OCO3)=C1C(N)=O. The van der Waals surface area contributed by atoms with Gasteiger partial charge in [-0.15, -0.1) is 0 Å². The van der Waals surface area contributed by atoms with Crippen LogP contribution in [-0.2, 0) is 20.9 Å². The molecule has 1 heterocycles. The minimum absolute atomic E-state index is 0.181. The fraction of sp³-hybridized carbons (Fsp3) is 0.286. The summed E-state index contributed by atoms with van der Waals surface area (Å²) in [7, 11) is 1.39. The van der Waals surface area contributed by atoms with Crippen molar-refractivity contribution in [3.63, 3.8) is 0 Å². The Morgan fingerprint density at radius 3 is 2.86 bits per heavy atom. The minimum atomic E-state index is -1.21. The van der Waals surface area contributed by atoms with Crippen LogP contribution in [0.25, 0.3) is 0 Å². The molecular formula is C14H14N2O5. The smallest absolute Gasteiger partial charge is 0.252 e. The molecule has 21 heavy (non-hydrogen) atoms. The first-order valence-electron chi connectivity index (χ1n) is 6.25. The molecule has 0 fully saturated rings. The van der Waals surface area contributed by atoms with E-state index in [9.17, 15) is 4.79 Å². The number of methoxy groups -OCH3 is 1. The van der Waals surface area contributed by atoms with E-state index in [1.54, 1.807) is 12.1 Å². The highest BCUT2D eigenvalue weighted by atomic mass is 16.7. The van der Waals surface area contributed by atoms with Crippen LogP contribution in [0.3, 0.4) is 0 Å². The molecule has 1 atom stereocenters. The van der Waals surface area contributed by atoms with E-state index < -0.39 is 11.5 Å². The molecule has 0 saturated heterocycles. The van der Waals surface area contributed by atoms with Gasteiger partial charge in [-0.3, -0.25) is 4.79 Å². The zero-order valence-electron chi connectivity index (χ0n) is 11.3. The van der Waals surface area contributed by atoms with Crippen molar-refractivity contribution in [1.82, 2.24) is 0 Å². The lowest BCUT2D eigenvalue weighted by Crippen LogP contribution is -2.26. The number of fused-ring (bicyclic) bond motifs is 1. The van der Waals surface area contributed by atoms with E-state index in [1.807, 2.05) is 6.07 Å². The Bertz CT molecular complexity index is 655. The Kier molecular flexibility index (Phi) is 3.06. The number of hydrogen-bond acceptors (Lipinski definition) is 6. The molecule has 0 spiro atoms. The van der Waals surface area contributed by atoms with Crippen LogP contribution in [0.1, 0.15) is 5.56 Å². The van der Waals surface area contributed by atoms with Gasteiger partial charge in [-0.05, 0) is 17.7 Å². The largest absolute Gasteiger partial charge is 0.489 e. The average molecular weight is 290 g/mol. The molecule has 0 aromatic heterocycles. The van der Waals surface area contributed by atoms with Crippen molar-refractivity contribution in [2.75, 3.05) is 13.9 Å². The maximum Gasteiger partial charge on any atom is 0.252 e. The summed E-state index contributed by atoms with van der Waals surface area (Å²) < 4.78 is 21.2. The number of hydrogen-bond donors (Lipinski definition) is 2. The molecule has 0 bridgehead atoms. The van der Waals surface area contributed by atoms with Crippen LogP contribution in [0.5, 0.6) is 11.5 Å². The summed E-state index contributed by atoms with van der Waals surface area (Å²) in [5.41, 5.74) is 5.08. The number of primary amides is 1. The lowest BCUT2D eigenvalue weighted by atomic mass is 10.2. The molecule has 1 aromatic rings. The van der Waals surface area contributed by atoms with E-state index in [0.29, 0.717) is 11.5 Å². The summed E-state index contributed by atoms with van der Waals surface area (Å²) in [6.45, 7) is 0.416. The molecule has 1 aliphatic carbocycles. The van der Waals surface area contributed by atoms with Crippen molar-refractivity contribution in [1.29, 1.82) is 5.41 Å². The highest BCUT2D eigenvalue weighted by molar-refractivity contribution is 6.09. The fourth-order valence-corrected chi connectivity index (χ4v) is 2.31. The molecule has 3 rings (SSSR count). The van der Waals surface area contributed by atoms with Crippen LogP contribution in [0.2, 0.25) is 0 Å². The van der Waals surface area contributed by atoms with E-state index in [2.05, 4.69) is 0 Å². The highest BCUT2D eigenvalue weighted by Crippen LogP contribution is 2.46. The molecule has 1 aromatic carbocycles. The lowest BCUT2D eigenvalue weighted by molar-refractivity contribution is -0.114. The van der Waals surface area contributed by atoms with Crippen molar-refractivity contribution < 1.29 is 23.7 Å². The number of ether oxygens (including phenoxy) is 4. The number of benzene rings is 1. The van der Waals surface area contributed by atoms with Gasteiger partial charge in [0.1, 0.15) is 12.2 Å². The molecule has 1 unspecified atom stereocenters. The monoisotopic (exact) mass is 290 g/mol. The summed E-state index contributed by atoms with van der Waals surface area (Å²) in [5, 5.41) is 7.39. The van der Waals surface area contributed by atoms with Crippen LogP contribution in [0.15, 0.2) is 29.5 Å². The van der Waals surface area contributed by atoms with Gasteiger partial charge in [0.05, 0.1) is 0 Å². The number of carbonyl (C=O) groups excluding carboxylic acids is 1. The zero-order valence-corrected chi connectivity index (χ0v) is 11.3. The van der Waals surface area contributed by atoms with Gasteiger partial charge in [0.2, 0.25) is 6.79 Å². The molecule has 7 nitrogen and oxygen atoms in total. The average Bonchev–Trinajstić information content (AvgIpc) is 2.91. The number of nitrogens with two attached hydrogens (primary N) is 1. The predicted molar refractivity (Wildman–Crippen MR) is 72.1 cm³/mol. The normalized spacial score (nSPS) is 22.1. The molecule has 1 amide bonds. The van der Waals surface area contributed by atoms with E-state index in [1.165, 1.54) is 7.11 Å². The Morgan fingerprint density at radius 2 is 2.24 bits per heavy atom. The van der Waals surface area contributed by atoms with Gasteiger partial charge < -0.3 is 30.1 Å². The molecule has 7 heteroatoms. The van der Waals surface area contributed by atoms with Crippen LogP contribution < -0.4 is 15.2 Å². The Labute approximate surface area is 120 Å². The predicted octanol–water partition coefficient (Wildman–Crippen LogP) is 0.720. The second-order valence-electron chi connectivity index (χ2n) is 4.63. The molecule has 2 aliphatic rings. The van der Waals surface area contributed by atoms with Crippen molar-refractivity contribution in [3.8, 4) is 11.5 Å². The van der Waals surface area contributed by atoms with E-state index in [-0.39, 0.29) is 24.7 Å². The first-order chi connectivity index (χ1) is 10.1. The third kappa shape index (κ3) is 2.02. The summed E-state index contributed by atoms with van der Waals surface area (Å²) >= 11 is 0. The summed E-state index contributed by atoms with van der Waals surface area (Å²) in [5.74, 6) is 0.972. The van der Waals surface area contributed by atoms with Gasteiger partial charge in [-0.25, -0.2) is 0 Å². The fourth-order valence-electron chi connectivity index (χ4n) is 2.31. The number of carbonyl (C=O) groups is 1. The van der Waals surface area contributed by atoms with Crippen molar-refractivity contribution in [2.24, 2.45) is 5.73 Å². The third-order valence-electron chi connectivity index (χ3n) is 3.47. The third-order valence-corrected chi connectivity index (χ3v) is 3.47. The van der Waals surface area contributed by atoms with E-state index >= 15 is 0 Å². The number of nitrogens with one attached hydrogen (secondary N) is 1. The van der Waals surface area contributed by atoms with Crippen molar-refractivity contribution in [3.05, 3.63) is 35.1 Å². The minimum Gasteiger partial charge on any atom is -0.489 e. The van der Waals surface area contributed by atoms with Crippen LogP contribution in [-0.4, -0.2) is 31.6 Å². The summed E-state index contributed by atoms with van der Waals surface area (Å²) in [4.78, 5) is 11.3. The van der Waals surface area contributed by atoms with E-state index in [4.69, 9.17) is 30.1 Å². The lowest BCUT2D eigenvalue weighted by Gasteiger charge is -2.11. The topological polar surface area (TPSA) is 104 Å². The zero-order chi connectivity index (χ0) is 15.0. The quantitative estimate of drug-likeness (QED) is 0.751. The first-order valence-corrected chi connectivity index (χ1v) is 6.25. The first kappa shape index (κ1) is 13.4.